The number of nitrogens with one attached hydrogen (secondary N) is 3. The van der Waals surface area contributed by atoms with Gasteiger partial charge in [-0.05, 0) is 49.2 Å². The first kappa shape index (κ1) is 28.3. The van der Waals surface area contributed by atoms with E-state index in [1.807, 2.05) is 5.32 Å². The van der Waals surface area contributed by atoms with Crippen molar-refractivity contribution in [2.75, 3.05) is 13.2 Å². The van der Waals surface area contributed by atoms with E-state index in [1.54, 1.807) is 6.92 Å². The second kappa shape index (κ2) is 13.2. The minimum Gasteiger partial charge on any atom is -0.494 e. The third-order valence-electron chi connectivity index (χ3n) is 4.58. The molecule has 0 heterocycles. The van der Waals surface area contributed by atoms with E-state index in [0.29, 0.717) is 0 Å². The summed E-state index contributed by atoms with van der Waals surface area (Å²) >= 11 is 0. The lowest BCUT2D eigenvalue weighted by molar-refractivity contribution is -0.143. The van der Waals surface area contributed by atoms with Gasteiger partial charge in [-0.3, -0.25) is 15.0 Å². The Hall–Kier alpha value is -3.96. The molecule has 0 aromatic heterocycles. The van der Waals surface area contributed by atoms with Crippen LogP contribution in [0.15, 0.2) is 48.7 Å². The smallest absolute Gasteiger partial charge is 0.416 e. The molecule has 0 fully saturated rings. The van der Waals surface area contributed by atoms with Gasteiger partial charge in [0.2, 0.25) is 0 Å². The van der Waals surface area contributed by atoms with Crippen molar-refractivity contribution < 1.29 is 41.0 Å². The second-order valence-corrected chi connectivity index (χ2v) is 7.25. The summed E-state index contributed by atoms with van der Waals surface area (Å²) < 4.78 is 77.9. The third-order valence-corrected chi connectivity index (χ3v) is 4.58. The predicted molar refractivity (Wildman–Crippen MR) is 120 cm³/mol. The van der Waals surface area contributed by atoms with Crippen molar-refractivity contribution in [3.63, 3.8) is 0 Å². The second-order valence-electron chi connectivity index (χ2n) is 7.25. The molecule has 0 saturated carbocycles. The molecule has 0 aliphatic rings. The molecular weight excluding hydrogens is 489 g/mol. The van der Waals surface area contributed by atoms with Crippen molar-refractivity contribution in [2.45, 2.75) is 32.5 Å². The lowest BCUT2D eigenvalue weighted by atomic mass is 10.1. The van der Waals surface area contributed by atoms with Gasteiger partial charge in [-0.1, -0.05) is 12.1 Å². The van der Waals surface area contributed by atoms with E-state index in [1.165, 1.54) is 12.1 Å². The first-order chi connectivity index (χ1) is 17.0. The minimum atomic E-state index is -4.67. The summed E-state index contributed by atoms with van der Waals surface area (Å²) in [6.45, 7) is 1.65. The molecular formula is C24H24F5N3O4. The monoisotopic (exact) mass is 513 g/mol. The van der Waals surface area contributed by atoms with Gasteiger partial charge in [0.15, 0.2) is 0 Å². The molecule has 0 unspecified atom stereocenters. The van der Waals surface area contributed by atoms with E-state index in [-0.39, 0.29) is 43.9 Å². The van der Waals surface area contributed by atoms with Crippen LogP contribution in [-0.4, -0.2) is 30.9 Å². The van der Waals surface area contributed by atoms with Gasteiger partial charge in [0, 0.05) is 19.2 Å². The molecule has 0 aliphatic carbocycles. The minimum absolute atomic E-state index is 0.0182. The fourth-order valence-corrected chi connectivity index (χ4v) is 2.96. The highest BCUT2D eigenvalue weighted by Crippen LogP contribution is 2.34. The van der Waals surface area contributed by atoms with Gasteiger partial charge in [-0.25, -0.2) is 8.78 Å². The van der Waals surface area contributed by atoms with Gasteiger partial charge in [-0.2, -0.15) is 13.2 Å². The normalized spacial score (nSPS) is 11.3. The number of hydrogen-bond acceptors (Lipinski definition) is 6. The Bertz CT molecular complexity index is 1100. The number of halogens is 5. The molecule has 0 spiro atoms. The van der Waals surface area contributed by atoms with Crippen molar-refractivity contribution in [3.05, 3.63) is 77.0 Å². The maximum atomic E-state index is 13.6. The van der Waals surface area contributed by atoms with Gasteiger partial charge in [0.25, 0.3) is 5.91 Å². The Morgan fingerprint density at radius 3 is 2.44 bits per heavy atom. The molecule has 0 radical (unpaired) electrons. The Kier molecular flexibility index (Phi) is 10.4. The third kappa shape index (κ3) is 8.67. The number of carbonyl (C=O) groups excluding carboxylic acids is 2. The maximum Gasteiger partial charge on any atom is 0.416 e. The lowest BCUT2D eigenvalue weighted by Gasteiger charge is -2.15. The Morgan fingerprint density at radius 2 is 1.81 bits per heavy atom. The number of benzene rings is 2. The SMILES string of the molecule is CCOC(=O)CCCOc1ccc(CN/C=C\C(=N)NC(=O)c2c(F)cccc2F)c(C(F)(F)F)c1. The topological polar surface area (TPSA) is 101 Å². The zero-order chi connectivity index (χ0) is 26.7. The number of alkyl halides is 3. The molecule has 12 heteroatoms. The number of esters is 1. The molecule has 3 N–H and O–H groups in total. The number of amides is 1. The fraction of sp³-hybridized carbons (Fsp3) is 0.292. The fourth-order valence-electron chi connectivity index (χ4n) is 2.96. The number of rotatable bonds is 11. The number of hydrogen-bond donors (Lipinski definition) is 3. The highest BCUT2D eigenvalue weighted by molar-refractivity contribution is 6.09. The largest absolute Gasteiger partial charge is 0.494 e. The first-order valence-corrected chi connectivity index (χ1v) is 10.7. The van der Waals surface area contributed by atoms with Gasteiger partial charge in [0.1, 0.15) is 28.8 Å². The Balaban J connectivity index is 1.93. The van der Waals surface area contributed by atoms with Crippen LogP contribution in [0.4, 0.5) is 22.0 Å². The Labute approximate surface area is 203 Å². The van der Waals surface area contributed by atoms with E-state index >= 15 is 0 Å². The molecule has 2 rings (SSSR count). The molecule has 7 nitrogen and oxygen atoms in total. The molecule has 36 heavy (non-hydrogen) atoms. The van der Waals surface area contributed by atoms with Crippen molar-refractivity contribution in [1.29, 1.82) is 5.41 Å². The molecule has 0 atom stereocenters. The van der Waals surface area contributed by atoms with Crippen molar-refractivity contribution in [2.24, 2.45) is 0 Å². The summed E-state index contributed by atoms with van der Waals surface area (Å²) in [6, 6.07) is 6.27. The van der Waals surface area contributed by atoms with Gasteiger partial charge in [-0.15, -0.1) is 0 Å². The summed E-state index contributed by atoms with van der Waals surface area (Å²) in [4.78, 5) is 23.2. The lowest BCUT2D eigenvalue weighted by Crippen LogP contribution is -2.30. The Morgan fingerprint density at radius 1 is 1.11 bits per heavy atom. The molecule has 2 aromatic carbocycles. The van der Waals surface area contributed by atoms with Gasteiger partial charge >= 0.3 is 12.1 Å². The quantitative estimate of drug-likeness (QED) is 0.133. The first-order valence-electron chi connectivity index (χ1n) is 10.7. The van der Waals surface area contributed by atoms with Crippen LogP contribution in [0.25, 0.3) is 0 Å². The summed E-state index contributed by atoms with van der Waals surface area (Å²) in [5, 5.41) is 12.2. The van der Waals surface area contributed by atoms with Crippen LogP contribution in [0.1, 0.15) is 41.3 Å². The number of ether oxygens (including phenoxy) is 2. The van der Waals surface area contributed by atoms with Crippen LogP contribution in [0.2, 0.25) is 0 Å². The summed E-state index contributed by atoms with van der Waals surface area (Å²) in [5.74, 6) is -4.37. The van der Waals surface area contributed by atoms with E-state index in [2.05, 4.69) is 5.32 Å². The average molecular weight is 513 g/mol. The van der Waals surface area contributed by atoms with Crippen LogP contribution in [0, 0.1) is 17.0 Å². The van der Waals surface area contributed by atoms with Gasteiger partial charge < -0.3 is 20.1 Å². The van der Waals surface area contributed by atoms with Crippen molar-refractivity contribution in [3.8, 4) is 5.75 Å². The molecule has 1 amide bonds. The zero-order valence-electron chi connectivity index (χ0n) is 19.2. The van der Waals surface area contributed by atoms with Crippen LogP contribution in [0.3, 0.4) is 0 Å². The van der Waals surface area contributed by atoms with Crippen molar-refractivity contribution in [1.82, 2.24) is 10.6 Å². The van der Waals surface area contributed by atoms with E-state index in [4.69, 9.17) is 14.9 Å². The van der Waals surface area contributed by atoms with Crippen LogP contribution >= 0.6 is 0 Å². The van der Waals surface area contributed by atoms with Crippen molar-refractivity contribution >= 4 is 17.7 Å². The van der Waals surface area contributed by atoms with E-state index in [0.717, 1.165) is 36.5 Å². The molecule has 0 saturated heterocycles. The van der Waals surface area contributed by atoms with E-state index < -0.39 is 46.6 Å². The number of amidine groups is 1. The molecule has 2 aromatic rings. The van der Waals surface area contributed by atoms with Crippen LogP contribution in [0.5, 0.6) is 5.75 Å². The highest BCUT2D eigenvalue weighted by Gasteiger charge is 2.33. The predicted octanol–water partition coefficient (Wildman–Crippen LogP) is 4.72. The van der Waals surface area contributed by atoms with Crippen LogP contribution < -0.4 is 15.4 Å². The van der Waals surface area contributed by atoms with Crippen LogP contribution in [-0.2, 0) is 22.3 Å². The zero-order valence-corrected chi connectivity index (χ0v) is 19.2. The highest BCUT2D eigenvalue weighted by atomic mass is 19.4. The number of carbonyl (C=O) groups is 2. The summed E-state index contributed by atoms with van der Waals surface area (Å²) in [7, 11) is 0. The standard InChI is InChI=1S/C24H24F5N3O4/c1-2-35-21(33)7-4-12-36-16-9-8-15(17(13-16)24(27,28)29)14-31-11-10-20(30)32-23(34)22-18(25)5-3-6-19(22)26/h3,5-6,8-11,13,31H,2,4,7,12,14H2,1H3,(H2,30,32,34)/b11-10-. The molecule has 0 bridgehead atoms. The van der Waals surface area contributed by atoms with E-state index in [9.17, 15) is 31.5 Å². The summed E-state index contributed by atoms with van der Waals surface area (Å²) in [5.41, 5.74) is -1.92. The van der Waals surface area contributed by atoms with Gasteiger partial charge in [0.05, 0.1) is 18.8 Å². The maximum absolute atomic E-state index is 13.6. The molecule has 0 aliphatic heterocycles. The summed E-state index contributed by atoms with van der Waals surface area (Å²) in [6.07, 6.45) is -2.19. The molecule has 194 valence electrons. The average Bonchev–Trinajstić information content (AvgIpc) is 2.79.